The van der Waals surface area contributed by atoms with Crippen LogP contribution in [0.4, 0.5) is 0 Å². The van der Waals surface area contributed by atoms with Crippen molar-refractivity contribution < 1.29 is 22.7 Å². The highest BCUT2D eigenvalue weighted by Gasteiger charge is 2.28. The van der Waals surface area contributed by atoms with E-state index in [4.69, 9.17) is 9.47 Å². The van der Waals surface area contributed by atoms with E-state index in [2.05, 4.69) is 5.32 Å². The van der Waals surface area contributed by atoms with Crippen LogP contribution < -0.4 is 14.8 Å². The number of carbonyl (C=O) groups is 1. The van der Waals surface area contributed by atoms with Crippen LogP contribution in [0.15, 0.2) is 53.4 Å². The number of nitrogens with one attached hydrogen (secondary N) is 1. The molecule has 0 saturated carbocycles. The molecule has 1 heterocycles. The van der Waals surface area contributed by atoms with E-state index in [0.717, 1.165) is 5.56 Å². The fourth-order valence-electron chi connectivity index (χ4n) is 3.29. The number of nitrogens with zero attached hydrogens (tertiary/aromatic N) is 1. The molecule has 2 aromatic rings. The van der Waals surface area contributed by atoms with Crippen molar-refractivity contribution in [2.24, 2.45) is 5.92 Å². The van der Waals surface area contributed by atoms with Crippen LogP contribution in [0.2, 0.25) is 0 Å². The van der Waals surface area contributed by atoms with E-state index in [1.54, 1.807) is 6.07 Å². The Morgan fingerprint density at radius 2 is 1.71 bits per heavy atom. The Balaban J connectivity index is 1.78. The largest absolute Gasteiger partial charge is 0.486 e. The lowest BCUT2D eigenvalue weighted by molar-refractivity contribution is -0.122. The molecule has 168 valence electrons. The number of rotatable bonds is 9. The summed E-state index contributed by atoms with van der Waals surface area (Å²) in [7, 11) is -3.89. The Labute approximate surface area is 184 Å². The highest BCUT2D eigenvalue weighted by Crippen LogP contribution is 2.33. The minimum atomic E-state index is -3.89. The Morgan fingerprint density at radius 3 is 2.39 bits per heavy atom. The molecule has 0 aromatic heterocycles. The second kappa shape index (κ2) is 10.2. The molecule has 31 heavy (non-hydrogen) atoms. The van der Waals surface area contributed by atoms with Crippen LogP contribution in [0.5, 0.6) is 11.5 Å². The first-order valence-electron chi connectivity index (χ1n) is 10.5. The van der Waals surface area contributed by atoms with Crippen LogP contribution in [0.1, 0.15) is 38.8 Å². The number of sulfonamides is 1. The van der Waals surface area contributed by atoms with Gasteiger partial charge < -0.3 is 14.8 Å². The molecule has 2 aromatic carbocycles. The molecule has 8 heteroatoms. The molecular weight excluding hydrogens is 416 g/mol. The van der Waals surface area contributed by atoms with E-state index in [0.29, 0.717) is 37.1 Å². The minimum Gasteiger partial charge on any atom is -0.486 e. The number of amides is 1. The van der Waals surface area contributed by atoms with Gasteiger partial charge in [0.15, 0.2) is 11.5 Å². The average Bonchev–Trinajstić information content (AvgIpc) is 2.76. The van der Waals surface area contributed by atoms with Crippen molar-refractivity contribution in [3.8, 4) is 11.5 Å². The van der Waals surface area contributed by atoms with Gasteiger partial charge in [-0.15, -0.1) is 0 Å². The molecule has 1 amide bonds. The lowest BCUT2D eigenvalue weighted by Gasteiger charge is -2.25. The van der Waals surface area contributed by atoms with Gasteiger partial charge in [0, 0.05) is 12.6 Å². The number of ether oxygens (including phenoxy) is 2. The predicted octanol–water partition coefficient (Wildman–Crippen LogP) is 3.37. The van der Waals surface area contributed by atoms with Crippen molar-refractivity contribution in [3.05, 3.63) is 54.1 Å². The second-order valence-electron chi connectivity index (χ2n) is 8.03. The molecule has 1 atom stereocenters. The van der Waals surface area contributed by atoms with Gasteiger partial charge in [0.05, 0.1) is 17.5 Å². The molecule has 0 aliphatic carbocycles. The van der Waals surface area contributed by atoms with Crippen molar-refractivity contribution in [2.75, 3.05) is 26.3 Å². The summed E-state index contributed by atoms with van der Waals surface area (Å²) in [6, 6.07) is 13.9. The van der Waals surface area contributed by atoms with E-state index in [-0.39, 0.29) is 29.9 Å². The summed E-state index contributed by atoms with van der Waals surface area (Å²) in [5.41, 5.74) is 0.958. The second-order valence-corrected chi connectivity index (χ2v) is 9.96. The Bertz CT molecular complexity index is 992. The van der Waals surface area contributed by atoms with Gasteiger partial charge in [0.2, 0.25) is 15.9 Å². The maximum atomic E-state index is 13.4. The van der Waals surface area contributed by atoms with Gasteiger partial charge in [-0.2, -0.15) is 4.31 Å². The Hall–Kier alpha value is -2.58. The fraction of sp³-hybridized carbons (Fsp3) is 0.435. The molecule has 0 spiro atoms. The zero-order chi connectivity index (χ0) is 22.4. The standard InChI is InChI=1S/C23H30N2O5S/c1-17(2)11-12-25(16-23(26)24-18(3)19-7-5-4-6-8-19)31(27,28)20-9-10-21-22(15-20)30-14-13-29-21/h4-10,15,17-18H,11-14,16H2,1-3H3,(H,24,26). The summed E-state index contributed by atoms with van der Waals surface area (Å²) in [4.78, 5) is 12.8. The summed E-state index contributed by atoms with van der Waals surface area (Å²) in [5.74, 6) is 0.872. The van der Waals surface area contributed by atoms with Gasteiger partial charge >= 0.3 is 0 Å². The average molecular weight is 447 g/mol. The van der Waals surface area contributed by atoms with E-state index in [9.17, 15) is 13.2 Å². The van der Waals surface area contributed by atoms with Crippen LogP contribution in [0.3, 0.4) is 0 Å². The maximum Gasteiger partial charge on any atom is 0.243 e. The molecule has 0 bridgehead atoms. The number of benzene rings is 2. The third kappa shape index (κ3) is 5.98. The lowest BCUT2D eigenvalue weighted by Crippen LogP contribution is -2.42. The number of fused-ring (bicyclic) bond motifs is 1. The van der Waals surface area contributed by atoms with Crippen molar-refractivity contribution in [3.63, 3.8) is 0 Å². The Kier molecular flexibility index (Phi) is 7.56. The third-order valence-electron chi connectivity index (χ3n) is 5.10. The normalized spacial score (nSPS) is 14.5. The van der Waals surface area contributed by atoms with Gasteiger partial charge in [0.1, 0.15) is 13.2 Å². The number of hydrogen-bond donors (Lipinski definition) is 1. The van der Waals surface area contributed by atoms with Crippen molar-refractivity contribution in [1.29, 1.82) is 0 Å². The van der Waals surface area contributed by atoms with E-state index < -0.39 is 10.0 Å². The van der Waals surface area contributed by atoms with Gasteiger partial charge in [-0.25, -0.2) is 8.42 Å². The lowest BCUT2D eigenvalue weighted by atomic mass is 10.1. The highest BCUT2D eigenvalue weighted by molar-refractivity contribution is 7.89. The van der Waals surface area contributed by atoms with Crippen LogP contribution in [-0.4, -0.2) is 44.9 Å². The van der Waals surface area contributed by atoms with Crippen molar-refractivity contribution >= 4 is 15.9 Å². The smallest absolute Gasteiger partial charge is 0.243 e. The first-order chi connectivity index (χ1) is 14.8. The van der Waals surface area contributed by atoms with E-state index >= 15 is 0 Å². The summed E-state index contributed by atoms with van der Waals surface area (Å²) in [6.45, 7) is 6.72. The molecule has 0 radical (unpaired) electrons. The summed E-state index contributed by atoms with van der Waals surface area (Å²) in [5, 5.41) is 2.90. The summed E-state index contributed by atoms with van der Waals surface area (Å²) < 4.78 is 39.0. The van der Waals surface area contributed by atoms with Gasteiger partial charge in [-0.1, -0.05) is 44.2 Å². The van der Waals surface area contributed by atoms with Gasteiger partial charge in [0.25, 0.3) is 0 Å². The predicted molar refractivity (Wildman–Crippen MR) is 119 cm³/mol. The topological polar surface area (TPSA) is 84.9 Å². The molecular formula is C23H30N2O5S. The number of hydrogen-bond acceptors (Lipinski definition) is 5. The van der Waals surface area contributed by atoms with Gasteiger partial charge in [-0.3, -0.25) is 4.79 Å². The zero-order valence-electron chi connectivity index (χ0n) is 18.2. The minimum absolute atomic E-state index is 0.0874. The first kappa shape index (κ1) is 23.1. The van der Waals surface area contributed by atoms with Crippen LogP contribution >= 0.6 is 0 Å². The fourth-order valence-corrected chi connectivity index (χ4v) is 4.72. The summed E-state index contributed by atoms with van der Waals surface area (Å²) in [6.07, 6.45) is 0.644. The van der Waals surface area contributed by atoms with E-state index in [1.807, 2.05) is 51.1 Å². The Morgan fingerprint density at radius 1 is 1.03 bits per heavy atom. The van der Waals surface area contributed by atoms with Crippen LogP contribution in [0.25, 0.3) is 0 Å². The van der Waals surface area contributed by atoms with Crippen LogP contribution in [0, 0.1) is 5.92 Å². The first-order valence-corrected chi connectivity index (χ1v) is 12.0. The van der Waals surface area contributed by atoms with E-state index in [1.165, 1.54) is 16.4 Å². The molecule has 3 rings (SSSR count). The van der Waals surface area contributed by atoms with Gasteiger partial charge in [-0.05, 0) is 37.0 Å². The molecule has 1 aliphatic rings. The quantitative estimate of drug-likeness (QED) is 0.638. The SMILES string of the molecule is CC(C)CCN(CC(=O)NC(C)c1ccccc1)S(=O)(=O)c1ccc2c(c1)OCCO2. The third-order valence-corrected chi connectivity index (χ3v) is 6.95. The van der Waals surface area contributed by atoms with Crippen molar-refractivity contribution in [1.82, 2.24) is 9.62 Å². The number of carbonyl (C=O) groups excluding carboxylic acids is 1. The summed E-state index contributed by atoms with van der Waals surface area (Å²) >= 11 is 0. The molecule has 1 unspecified atom stereocenters. The van der Waals surface area contributed by atoms with Crippen LogP contribution in [-0.2, 0) is 14.8 Å². The monoisotopic (exact) mass is 446 g/mol. The molecule has 1 aliphatic heterocycles. The molecule has 0 saturated heterocycles. The molecule has 7 nitrogen and oxygen atoms in total. The zero-order valence-corrected chi connectivity index (χ0v) is 19.0. The maximum absolute atomic E-state index is 13.4. The molecule has 1 N–H and O–H groups in total. The van der Waals surface area contributed by atoms with Crippen molar-refractivity contribution in [2.45, 2.75) is 38.1 Å². The molecule has 0 fully saturated rings. The highest BCUT2D eigenvalue weighted by atomic mass is 32.2.